The first-order valence-corrected chi connectivity index (χ1v) is 6.50. The van der Waals surface area contributed by atoms with Crippen LogP contribution in [0.1, 0.15) is 19.4 Å². The van der Waals surface area contributed by atoms with E-state index in [2.05, 4.69) is 5.43 Å². The topological polar surface area (TPSA) is 67.6 Å². The molecule has 3 N–H and O–H groups in total. The highest BCUT2D eigenvalue weighted by atomic mass is 35.5. The van der Waals surface area contributed by atoms with Crippen LogP contribution in [0.2, 0.25) is 10.0 Å². The van der Waals surface area contributed by atoms with Crippen LogP contribution in [0.3, 0.4) is 0 Å². The van der Waals surface area contributed by atoms with Crippen LogP contribution in [0.15, 0.2) is 12.1 Å². The Labute approximate surface area is 133 Å². The van der Waals surface area contributed by atoms with Gasteiger partial charge in [-0.2, -0.15) is 0 Å². The van der Waals surface area contributed by atoms with Crippen LogP contribution in [0.5, 0.6) is 0 Å². The minimum absolute atomic E-state index is 0. The molecule has 0 aromatic heterocycles. The normalized spacial score (nSPS) is 17.1. The molecule has 0 spiro atoms. The Balaban J connectivity index is 0.00000200. The van der Waals surface area contributed by atoms with E-state index >= 15 is 0 Å². The van der Waals surface area contributed by atoms with E-state index in [1.165, 1.54) is 5.06 Å². The Morgan fingerprint density at radius 3 is 2.55 bits per heavy atom. The van der Waals surface area contributed by atoms with Gasteiger partial charge in [-0.05, 0) is 31.5 Å². The van der Waals surface area contributed by atoms with Crippen molar-refractivity contribution in [1.82, 2.24) is 5.06 Å². The van der Waals surface area contributed by atoms with Gasteiger partial charge in [0, 0.05) is 5.02 Å². The minimum atomic E-state index is -0.506. The molecule has 112 valence electrons. The van der Waals surface area contributed by atoms with Gasteiger partial charge in [0.15, 0.2) is 0 Å². The number of carbonyl (C=O) groups excluding carboxylic acids is 1. The van der Waals surface area contributed by atoms with E-state index in [0.29, 0.717) is 27.9 Å². The van der Waals surface area contributed by atoms with Crippen molar-refractivity contribution >= 4 is 47.2 Å². The second kappa shape index (κ2) is 6.37. The molecule has 1 heterocycles. The number of anilines is 1. The molecule has 0 atom stereocenters. The molecule has 2 rings (SSSR count). The first-order chi connectivity index (χ1) is 8.85. The number of amides is 1. The lowest BCUT2D eigenvalue weighted by atomic mass is 9.95. The monoisotopic (exact) mass is 339 g/mol. The van der Waals surface area contributed by atoms with E-state index in [1.54, 1.807) is 12.1 Å². The average Bonchev–Trinajstić information content (AvgIpc) is 2.59. The fourth-order valence-corrected chi connectivity index (χ4v) is 2.29. The minimum Gasteiger partial charge on any atom is -0.323 e. The number of hydrogen-bond donors (Lipinski definition) is 2. The van der Waals surface area contributed by atoms with E-state index in [1.807, 2.05) is 13.8 Å². The van der Waals surface area contributed by atoms with Gasteiger partial charge in [-0.25, -0.2) is 5.06 Å². The van der Waals surface area contributed by atoms with Crippen molar-refractivity contribution in [2.45, 2.75) is 20.4 Å². The molecular weight excluding hydrogens is 325 g/mol. The third-order valence-electron chi connectivity index (χ3n) is 2.99. The molecule has 1 saturated heterocycles. The second-order valence-electron chi connectivity index (χ2n) is 5.07. The van der Waals surface area contributed by atoms with Gasteiger partial charge in [0.2, 0.25) is 0 Å². The van der Waals surface area contributed by atoms with Gasteiger partial charge in [0.1, 0.15) is 0 Å². The first-order valence-electron chi connectivity index (χ1n) is 5.74. The molecule has 5 nitrogen and oxygen atoms in total. The molecule has 0 unspecified atom stereocenters. The Morgan fingerprint density at radius 1 is 1.40 bits per heavy atom. The highest BCUT2D eigenvalue weighted by Crippen LogP contribution is 2.32. The average molecular weight is 341 g/mol. The molecule has 0 saturated carbocycles. The molecule has 1 aromatic carbocycles. The zero-order valence-corrected chi connectivity index (χ0v) is 13.4. The lowest BCUT2D eigenvalue weighted by molar-refractivity contribution is -0.165. The number of carbonyl (C=O) groups is 1. The highest BCUT2D eigenvalue weighted by Gasteiger charge is 2.40. The SMILES string of the molecule is CC1(C)CON(Cc2cc(NN)c(Cl)cc2Cl)C1=O.Cl. The van der Waals surface area contributed by atoms with Crippen molar-refractivity contribution in [2.75, 3.05) is 12.0 Å². The Bertz CT molecular complexity index is 523. The number of nitrogen functional groups attached to an aromatic ring is 1. The summed E-state index contributed by atoms with van der Waals surface area (Å²) >= 11 is 12.1. The van der Waals surface area contributed by atoms with Crippen molar-refractivity contribution < 1.29 is 9.63 Å². The number of hydrazine groups is 1. The maximum atomic E-state index is 12.1. The number of nitrogens with two attached hydrogens (primary N) is 1. The van der Waals surface area contributed by atoms with Crippen molar-refractivity contribution in [3.05, 3.63) is 27.7 Å². The van der Waals surface area contributed by atoms with Gasteiger partial charge in [-0.1, -0.05) is 23.2 Å². The zero-order chi connectivity index (χ0) is 14.2. The van der Waals surface area contributed by atoms with Crippen LogP contribution in [-0.4, -0.2) is 17.6 Å². The third kappa shape index (κ3) is 3.30. The second-order valence-corrected chi connectivity index (χ2v) is 5.88. The van der Waals surface area contributed by atoms with Crippen molar-refractivity contribution in [2.24, 2.45) is 11.3 Å². The number of halogens is 3. The molecule has 0 aliphatic carbocycles. The summed E-state index contributed by atoms with van der Waals surface area (Å²) in [7, 11) is 0. The number of rotatable bonds is 3. The van der Waals surface area contributed by atoms with Gasteiger partial charge < -0.3 is 5.43 Å². The zero-order valence-electron chi connectivity index (χ0n) is 11.1. The van der Waals surface area contributed by atoms with Crippen LogP contribution >= 0.6 is 35.6 Å². The predicted octanol–water partition coefficient (Wildman–Crippen LogP) is 3.00. The Hall–Kier alpha value is -0.720. The van der Waals surface area contributed by atoms with Crippen molar-refractivity contribution in [3.8, 4) is 0 Å². The van der Waals surface area contributed by atoms with E-state index in [4.69, 9.17) is 33.9 Å². The Kier molecular flexibility index (Phi) is 5.52. The van der Waals surface area contributed by atoms with E-state index in [9.17, 15) is 4.79 Å². The summed E-state index contributed by atoms with van der Waals surface area (Å²) in [5, 5.41) is 2.20. The number of hydrogen-bond acceptors (Lipinski definition) is 4. The lowest BCUT2D eigenvalue weighted by Crippen LogP contribution is -2.30. The summed E-state index contributed by atoms with van der Waals surface area (Å²) in [6.07, 6.45) is 0. The fraction of sp³-hybridized carbons (Fsp3) is 0.417. The van der Waals surface area contributed by atoms with Crippen molar-refractivity contribution in [3.63, 3.8) is 0 Å². The molecule has 0 bridgehead atoms. The van der Waals surface area contributed by atoms with Crippen molar-refractivity contribution in [1.29, 1.82) is 0 Å². The molecule has 1 fully saturated rings. The fourth-order valence-electron chi connectivity index (χ4n) is 1.80. The molecule has 1 aliphatic heterocycles. The molecular formula is C12H16Cl3N3O2. The summed E-state index contributed by atoms with van der Waals surface area (Å²) in [6.45, 7) is 4.29. The summed E-state index contributed by atoms with van der Waals surface area (Å²) in [5.41, 5.74) is 3.24. The van der Waals surface area contributed by atoms with Crippen LogP contribution < -0.4 is 11.3 Å². The van der Waals surface area contributed by atoms with E-state index < -0.39 is 5.41 Å². The maximum Gasteiger partial charge on any atom is 0.254 e. The first kappa shape index (κ1) is 17.3. The highest BCUT2D eigenvalue weighted by molar-refractivity contribution is 6.36. The third-order valence-corrected chi connectivity index (χ3v) is 3.66. The largest absolute Gasteiger partial charge is 0.323 e. The number of nitrogens with zero attached hydrogens (tertiary/aromatic N) is 1. The standard InChI is InChI=1S/C12H15Cl2N3O2.ClH/c1-12(2)6-19-17(11(12)18)5-7-3-10(16-15)9(14)4-8(7)13;/h3-4,16H,5-6,15H2,1-2H3;1H. The van der Waals surface area contributed by atoms with Crippen LogP contribution in [-0.2, 0) is 16.2 Å². The van der Waals surface area contributed by atoms with E-state index in [0.717, 1.165) is 0 Å². The summed E-state index contributed by atoms with van der Waals surface area (Å²) in [6, 6.07) is 3.28. The molecule has 1 aromatic rings. The van der Waals surface area contributed by atoms with Gasteiger partial charge >= 0.3 is 0 Å². The maximum absolute atomic E-state index is 12.1. The molecule has 1 amide bonds. The Morgan fingerprint density at radius 2 is 2.05 bits per heavy atom. The molecule has 0 radical (unpaired) electrons. The quantitative estimate of drug-likeness (QED) is 0.655. The van der Waals surface area contributed by atoms with Crippen LogP contribution in [0.4, 0.5) is 5.69 Å². The summed E-state index contributed by atoms with van der Waals surface area (Å²) in [5.74, 6) is 5.29. The smallest absolute Gasteiger partial charge is 0.254 e. The number of hydroxylamine groups is 2. The van der Waals surface area contributed by atoms with E-state index in [-0.39, 0.29) is 24.9 Å². The van der Waals surface area contributed by atoms with Crippen LogP contribution in [0, 0.1) is 5.41 Å². The molecule has 1 aliphatic rings. The van der Waals surface area contributed by atoms with Gasteiger partial charge in [0.05, 0.1) is 29.3 Å². The lowest BCUT2D eigenvalue weighted by Gasteiger charge is -2.18. The summed E-state index contributed by atoms with van der Waals surface area (Å²) in [4.78, 5) is 17.4. The van der Waals surface area contributed by atoms with Gasteiger partial charge in [0.25, 0.3) is 5.91 Å². The molecule has 20 heavy (non-hydrogen) atoms. The van der Waals surface area contributed by atoms with Crippen LogP contribution in [0.25, 0.3) is 0 Å². The number of benzene rings is 1. The summed E-state index contributed by atoms with van der Waals surface area (Å²) < 4.78 is 0. The number of nitrogens with one attached hydrogen (secondary N) is 1. The van der Waals surface area contributed by atoms with Gasteiger partial charge in [-0.15, -0.1) is 12.4 Å². The predicted molar refractivity (Wildman–Crippen MR) is 81.8 cm³/mol. The molecule has 8 heteroatoms. The van der Waals surface area contributed by atoms with Gasteiger partial charge in [-0.3, -0.25) is 15.5 Å².